The monoisotopic (exact) mass is 327 g/mol. The topological polar surface area (TPSA) is 119 Å². The van der Waals surface area contributed by atoms with E-state index in [1.165, 1.54) is 6.92 Å². The minimum Gasteiger partial charge on any atom is -0.302 e. The number of sulfone groups is 1. The van der Waals surface area contributed by atoms with E-state index in [1.807, 2.05) is 0 Å². The molecular weight excluding hydrogens is 318 g/mol. The van der Waals surface area contributed by atoms with Gasteiger partial charge in [0.1, 0.15) is 4.21 Å². The number of carbonyl (C=O) groups is 1. The average Bonchev–Trinajstić information content (AvgIpc) is 2.87. The van der Waals surface area contributed by atoms with Crippen molar-refractivity contribution >= 4 is 37.9 Å². The minimum atomic E-state index is -3.81. The fourth-order valence-electron chi connectivity index (χ4n) is 1.46. The molecule has 0 saturated heterocycles. The molecule has 0 aliphatic rings. The number of carbonyl (C=O) groups excluding carboxylic acids is 1. The summed E-state index contributed by atoms with van der Waals surface area (Å²) in [7, 11) is -3.81. The first kappa shape index (κ1) is 15.1. The quantitative estimate of drug-likeness (QED) is 0.676. The van der Waals surface area contributed by atoms with Crippen LogP contribution in [0.25, 0.3) is 0 Å². The number of thiazole rings is 1. The predicted molar refractivity (Wildman–Crippen MR) is 75.0 cm³/mol. The fraction of sp³-hybridized carbons (Fsp3) is 0.0909. The smallest absolute Gasteiger partial charge is 0.269 e. The third-order valence-corrected chi connectivity index (χ3v) is 5.53. The molecule has 8 nitrogen and oxygen atoms in total. The summed E-state index contributed by atoms with van der Waals surface area (Å²) in [4.78, 5) is 24.5. The molecule has 2 rings (SSSR count). The Balaban J connectivity index is 2.35. The van der Waals surface area contributed by atoms with E-state index in [0.29, 0.717) is 0 Å². The molecule has 110 valence electrons. The van der Waals surface area contributed by atoms with Gasteiger partial charge in [-0.25, -0.2) is 13.4 Å². The van der Waals surface area contributed by atoms with E-state index in [9.17, 15) is 23.3 Å². The van der Waals surface area contributed by atoms with E-state index in [1.54, 1.807) is 0 Å². The highest BCUT2D eigenvalue weighted by molar-refractivity contribution is 7.93. The van der Waals surface area contributed by atoms with E-state index >= 15 is 0 Å². The van der Waals surface area contributed by atoms with Crippen molar-refractivity contribution in [3.8, 4) is 0 Å². The number of rotatable bonds is 4. The number of nitrogens with one attached hydrogen (secondary N) is 1. The van der Waals surface area contributed by atoms with Gasteiger partial charge in [0.2, 0.25) is 15.7 Å². The Hall–Kier alpha value is -2.33. The van der Waals surface area contributed by atoms with E-state index in [-0.39, 0.29) is 25.8 Å². The molecule has 21 heavy (non-hydrogen) atoms. The zero-order valence-corrected chi connectivity index (χ0v) is 12.3. The second kappa shape index (κ2) is 5.58. The van der Waals surface area contributed by atoms with Crippen LogP contribution >= 0.6 is 11.3 Å². The Labute approximate surface area is 123 Å². The third kappa shape index (κ3) is 3.23. The van der Waals surface area contributed by atoms with Gasteiger partial charge in [0.05, 0.1) is 16.0 Å². The van der Waals surface area contributed by atoms with Crippen molar-refractivity contribution in [1.82, 2.24) is 4.98 Å². The van der Waals surface area contributed by atoms with Crippen LogP contribution in [0.2, 0.25) is 0 Å². The Kier molecular flexibility index (Phi) is 4.00. The van der Waals surface area contributed by atoms with Gasteiger partial charge in [0, 0.05) is 19.1 Å². The van der Waals surface area contributed by atoms with E-state index in [4.69, 9.17) is 0 Å². The lowest BCUT2D eigenvalue weighted by molar-refractivity contribution is -0.384. The SMILES string of the molecule is CC(=O)Nc1ncc(S(=O)(=O)c2ccc([N+](=O)[O-])cc2)s1. The maximum atomic E-state index is 12.3. The molecule has 2 aromatic rings. The molecular formula is C11H9N3O5S2. The largest absolute Gasteiger partial charge is 0.302 e. The van der Waals surface area contributed by atoms with E-state index < -0.39 is 14.8 Å². The molecule has 1 aromatic carbocycles. The highest BCUT2D eigenvalue weighted by atomic mass is 32.2. The number of aromatic nitrogens is 1. The van der Waals surface area contributed by atoms with Gasteiger partial charge in [0.25, 0.3) is 5.69 Å². The Bertz CT molecular complexity index is 796. The minimum absolute atomic E-state index is 0.0555. The molecule has 0 radical (unpaired) electrons. The zero-order valence-electron chi connectivity index (χ0n) is 10.6. The summed E-state index contributed by atoms with van der Waals surface area (Å²) >= 11 is 0.809. The molecule has 1 heterocycles. The molecule has 0 atom stereocenters. The van der Waals surface area contributed by atoms with Gasteiger partial charge in [-0.2, -0.15) is 0 Å². The molecule has 0 aliphatic heterocycles. The second-order valence-corrected chi connectivity index (χ2v) is 7.13. The second-order valence-electron chi connectivity index (χ2n) is 3.92. The molecule has 0 fully saturated rings. The first-order valence-electron chi connectivity index (χ1n) is 5.53. The zero-order chi connectivity index (χ0) is 15.6. The maximum absolute atomic E-state index is 12.3. The van der Waals surface area contributed by atoms with Crippen LogP contribution in [0.1, 0.15) is 6.92 Å². The highest BCUT2D eigenvalue weighted by Crippen LogP contribution is 2.29. The van der Waals surface area contributed by atoms with E-state index in [0.717, 1.165) is 41.8 Å². The normalized spacial score (nSPS) is 11.1. The lowest BCUT2D eigenvalue weighted by Crippen LogP contribution is -2.04. The van der Waals surface area contributed by atoms with Gasteiger partial charge in [-0.15, -0.1) is 0 Å². The summed E-state index contributed by atoms with van der Waals surface area (Å²) in [5, 5.41) is 13.1. The Morgan fingerprint density at radius 2 is 1.95 bits per heavy atom. The van der Waals surface area contributed by atoms with Crippen molar-refractivity contribution in [3.63, 3.8) is 0 Å². The Morgan fingerprint density at radius 3 is 2.48 bits per heavy atom. The summed E-state index contributed by atoms with van der Waals surface area (Å²) in [6.07, 6.45) is 1.13. The fourth-order valence-corrected chi connectivity index (χ4v) is 3.93. The number of benzene rings is 1. The van der Waals surface area contributed by atoms with Crippen molar-refractivity contribution in [3.05, 3.63) is 40.6 Å². The highest BCUT2D eigenvalue weighted by Gasteiger charge is 2.22. The van der Waals surface area contributed by atoms with Gasteiger partial charge >= 0.3 is 0 Å². The first-order chi connectivity index (χ1) is 9.80. The number of anilines is 1. The van der Waals surface area contributed by atoms with Gasteiger partial charge in [-0.05, 0) is 12.1 Å². The van der Waals surface area contributed by atoms with Crippen molar-refractivity contribution < 1.29 is 18.1 Å². The van der Waals surface area contributed by atoms with Crippen molar-refractivity contribution in [2.24, 2.45) is 0 Å². The Morgan fingerprint density at radius 1 is 1.33 bits per heavy atom. The van der Waals surface area contributed by atoms with Crippen LogP contribution in [0.4, 0.5) is 10.8 Å². The molecule has 0 unspecified atom stereocenters. The van der Waals surface area contributed by atoms with E-state index in [2.05, 4.69) is 10.3 Å². The molecule has 1 amide bonds. The van der Waals surface area contributed by atoms with Gasteiger partial charge < -0.3 is 5.32 Å². The number of nitrogens with zero attached hydrogens (tertiary/aromatic N) is 2. The molecule has 1 aromatic heterocycles. The van der Waals surface area contributed by atoms with Crippen LogP contribution in [-0.2, 0) is 14.6 Å². The lowest BCUT2D eigenvalue weighted by Gasteiger charge is -2.00. The molecule has 0 saturated carbocycles. The number of nitro benzene ring substituents is 1. The molecule has 1 N–H and O–H groups in total. The molecule has 10 heteroatoms. The first-order valence-corrected chi connectivity index (χ1v) is 7.83. The summed E-state index contributed by atoms with van der Waals surface area (Å²) in [5.74, 6) is -0.358. The summed E-state index contributed by atoms with van der Waals surface area (Å²) in [6.45, 7) is 1.28. The number of nitro groups is 1. The number of hydrogen-bond acceptors (Lipinski definition) is 7. The van der Waals surface area contributed by atoms with Crippen LogP contribution in [0.5, 0.6) is 0 Å². The predicted octanol–water partition coefficient (Wildman–Crippen LogP) is 1.84. The number of amides is 1. The lowest BCUT2D eigenvalue weighted by atomic mass is 10.3. The summed E-state index contributed by atoms with van der Waals surface area (Å²) < 4.78 is 24.5. The van der Waals surface area contributed by atoms with Crippen LogP contribution in [0.15, 0.2) is 39.6 Å². The van der Waals surface area contributed by atoms with Gasteiger partial charge in [-0.3, -0.25) is 14.9 Å². The van der Waals surface area contributed by atoms with Gasteiger partial charge in [0.15, 0.2) is 5.13 Å². The maximum Gasteiger partial charge on any atom is 0.269 e. The molecule has 0 spiro atoms. The van der Waals surface area contributed by atoms with Crippen molar-refractivity contribution in [2.75, 3.05) is 5.32 Å². The van der Waals surface area contributed by atoms with Crippen molar-refractivity contribution in [2.45, 2.75) is 16.0 Å². The number of non-ortho nitro benzene ring substituents is 1. The molecule has 0 aliphatic carbocycles. The third-order valence-electron chi connectivity index (χ3n) is 2.39. The standard InChI is InChI=1S/C11H9N3O5S2/c1-7(15)13-11-12-6-10(20-11)21(18,19)9-4-2-8(3-5-9)14(16)17/h2-6H,1H3,(H,12,13,15). The summed E-state index contributed by atoms with van der Waals surface area (Å²) in [6, 6.07) is 4.54. The molecule has 0 bridgehead atoms. The van der Waals surface area contributed by atoms with Crippen LogP contribution < -0.4 is 5.32 Å². The van der Waals surface area contributed by atoms with Crippen LogP contribution in [0.3, 0.4) is 0 Å². The summed E-state index contributed by atoms with van der Waals surface area (Å²) in [5.41, 5.74) is -0.197. The average molecular weight is 327 g/mol. The van der Waals surface area contributed by atoms with Crippen molar-refractivity contribution in [1.29, 1.82) is 0 Å². The van der Waals surface area contributed by atoms with Gasteiger partial charge in [-0.1, -0.05) is 11.3 Å². The number of hydrogen-bond donors (Lipinski definition) is 1. The van der Waals surface area contributed by atoms with Crippen LogP contribution in [0, 0.1) is 10.1 Å². The van der Waals surface area contributed by atoms with Crippen LogP contribution in [-0.4, -0.2) is 24.2 Å².